The molecule has 0 radical (unpaired) electrons. The van der Waals surface area contributed by atoms with Gasteiger partial charge in [0, 0.05) is 18.6 Å². The summed E-state index contributed by atoms with van der Waals surface area (Å²) in [7, 11) is 0. The van der Waals surface area contributed by atoms with E-state index in [1.54, 1.807) is 0 Å². The Balaban J connectivity index is 1.32. The Morgan fingerprint density at radius 2 is 1.90 bits per heavy atom. The summed E-state index contributed by atoms with van der Waals surface area (Å²) < 4.78 is 0. The zero-order valence-corrected chi connectivity index (χ0v) is 13.6. The van der Waals surface area contributed by atoms with Gasteiger partial charge in [-0.15, -0.1) is 0 Å². The molecule has 1 aliphatic heterocycles. The average molecular weight is 276 g/mol. The highest BCUT2D eigenvalue weighted by Crippen LogP contribution is 2.65. The fourth-order valence-electron chi connectivity index (χ4n) is 5.62. The van der Waals surface area contributed by atoms with Crippen LogP contribution >= 0.6 is 0 Å². The lowest BCUT2D eigenvalue weighted by Crippen LogP contribution is -2.46. The van der Waals surface area contributed by atoms with Gasteiger partial charge in [-0.2, -0.15) is 0 Å². The predicted octanol–water partition coefficient (Wildman–Crippen LogP) is 3.28. The van der Waals surface area contributed by atoms with Crippen molar-refractivity contribution in [2.75, 3.05) is 19.6 Å². The minimum Gasteiger partial charge on any atom is -0.313 e. The van der Waals surface area contributed by atoms with Crippen molar-refractivity contribution in [3.63, 3.8) is 0 Å². The second kappa shape index (κ2) is 4.46. The van der Waals surface area contributed by atoms with Crippen LogP contribution in [-0.4, -0.2) is 36.6 Å². The topological polar surface area (TPSA) is 15.3 Å². The molecule has 3 saturated carbocycles. The van der Waals surface area contributed by atoms with Crippen LogP contribution in [0.5, 0.6) is 0 Å². The van der Waals surface area contributed by atoms with Crippen LogP contribution in [0.15, 0.2) is 0 Å². The van der Waals surface area contributed by atoms with Gasteiger partial charge in [0.05, 0.1) is 0 Å². The van der Waals surface area contributed by atoms with E-state index in [-0.39, 0.29) is 0 Å². The van der Waals surface area contributed by atoms with Gasteiger partial charge in [0.15, 0.2) is 0 Å². The number of likely N-dealkylation sites (tertiary alicyclic amines) is 1. The van der Waals surface area contributed by atoms with Gasteiger partial charge >= 0.3 is 0 Å². The molecule has 0 aromatic heterocycles. The van der Waals surface area contributed by atoms with E-state index in [4.69, 9.17) is 0 Å². The number of fused-ring (bicyclic) bond motifs is 2. The molecule has 4 atom stereocenters. The first-order chi connectivity index (χ1) is 9.50. The molecule has 1 saturated heterocycles. The lowest BCUT2D eigenvalue weighted by atomic mass is 9.69. The molecule has 2 heteroatoms. The van der Waals surface area contributed by atoms with E-state index < -0.39 is 0 Å². The summed E-state index contributed by atoms with van der Waals surface area (Å²) in [6.07, 6.45) is 8.72. The van der Waals surface area contributed by atoms with E-state index >= 15 is 0 Å². The molecular weight excluding hydrogens is 244 g/mol. The molecule has 0 aromatic carbocycles. The molecule has 2 nitrogen and oxygen atoms in total. The van der Waals surface area contributed by atoms with E-state index in [2.05, 4.69) is 31.0 Å². The van der Waals surface area contributed by atoms with E-state index in [1.807, 2.05) is 0 Å². The van der Waals surface area contributed by atoms with Crippen molar-refractivity contribution >= 4 is 0 Å². The maximum absolute atomic E-state index is 4.00. The van der Waals surface area contributed by atoms with Gasteiger partial charge in [-0.1, -0.05) is 20.8 Å². The molecule has 3 aliphatic carbocycles. The Labute approximate surface area is 124 Å². The number of hydrogen-bond acceptors (Lipinski definition) is 2. The maximum atomic E-state index is 4.00. The molecule has 2 bridgehead atoms. The van der Waals surface area contributed by atoms with Gasteiger partial charge in [-0.25, -0.2) is 0 Å². The standard InChI is InChI=1S/C18H32N2/c1-17(2)14-6-8-18(17,3)16(10-14)19-11-13-7-9-20(12-13)15-4-5-15/h13-16,19H,4-12H2,1-3H3. The summed E-state index contributed by atoms with van der Waals surface area (Å²) in [4.78, 5) is 2.75. The van der Waals surface area contributed by atoms with E-state index in [0.717, 1.165) is 23.9 Å². The summed E-state index contributed by atoms with van der Waals surface area (Å²) in [5, 5.41) is 4.00. The van der Waals surface area contributed by atoms with Gasteiger partial charge in [0.1, 0.15) is 0 Å². The molecule has 1 N–H and O–H groups in total. The molecule has 4 rings (SSSR count). The molecule has 114 valence electrons. The molecule has 4 aliphatic rings. The second-order valence-electron chi connectivity index (χ2n) is 8.95. The van der Waals surface area contributed by atoms with Crippen molar-refractivity contribution in [1.29, 1.82) is 0 Å². The van der Waals surface area contributed by atoms with Crippen molar-refractivity contribution in [1.82, 2.24) is 10.2 Å². The van der Waals surface area contributed by atoms with Crippen LogP contribution in [0, 0.1) is 22.7 Å². The zero-order valence-electron chi connectivity index (χ0n) is 13.6. The fraction of sp³-hybridized carbons (Fsp3) is 1.00. The zero-order chi connectivity index (χ0) is 14.0. The van der Waals surface area contributed by atoms with Crippen LogP contribution in [0.4, 0.5) is 0 Å². The first-order valence-corrected chi connectivity index (χ1v) is 8.98. The third-order valence-corrected chi connectivity index (χ3v) is 7.83. The molecule has 20 heavy (non-hydrogen) atoms. The number of rotatable bonds is 4. The van der Waals surface area contributed by atoms with Crippen LogP contribution < -0.4 is 5.32 Å². The normalized spacial score (nSPS) is 47.2. The van der Waals surface area contributed by atoms with E-state index in [0.29, 0.717) is 10.8 Å². The summed E-state index contributed by atoms with van der Waals surface area (Å²) >= 11 is 0. The van der Waals surface area contributed by atoms with Gasteiger partial charge in [0.2, 0.25) is 0 Å². The quantitative estimate of drug-likeness (QED) is 0.848. The molecule has 1 heterocycles. The molecular formula is C18H32N2. The van der Waals surface area contributed by atoms with Crippen LogP contribution in [0.2, 0.25) is 0 Å². The van der Waals surface area contributed by atoms with Crippen molar-refractivity contribution in [3.8, 4) is 0 Å². The molecule has 4 unspecified atom stereocenters. The maximum Gasteiger partial charge on any atom is 0.0129 e. The van der Waals surface area contributed by atoms with E-state index in [1.165, 1.54) is 58.2 Å². The monoisotopic (exact) mass is 276 g/mol. The smallest absolute Gasteiger partial charge is 0.0129 e. The first-order valence-electron chi connectivity index (χ1n) is 8.98. The summed E-state index contributed by atoms with van der Waals surface area (Å²) in [5.41, 5.74) is 1.10. The van der Waals surface area contributed by atoms with Crippen LogP contribution in [-0.2, 0) is 0 Å². The number of nitrogens with zero attached hydrogens (tertiary/aromatic N) is 1. The van der Waals surface area contributed by atoms with Gasteiger partial charge < -0.3 is 10.2 Å². The summed E-state index contributed by atoms with van der Waals surface area (Å²) in [6.45, 7) is 11.6. The van der Waals surface area contributed by atoms with Gasteiger partial charge in [-0.3, -0.25) is 0 Å². The summed E-state index contributed by atoms with van der Waals surface area (Å²) in [5.74, 6) is 1.89. The van der Waals surface area contributed by atoms with Gasteiger partial charge in [-0.05, 0) is 74.3 Å². The van der Waals surface area contributed by atoms with Crippen molar-refractivity contribution in [2.24, 2.45) is 22.7 Å². The van der Waals surface area contributed by atoms with Gasteiger partial charge in [0.25, 0.3) is 0 Å². The van der Waals surface area contributed by atoms with Crippen molar-refractivity contribution in [2.45, 2.75) is 71.4 Å². The van der Waals surface area contributed by atoms with Crippen LogP contribution in [0.25, 0.3) is 0 Å². The first kappa shape index (κ1) is 13.6. The summed E-state index contributed by atoms with van der Waals surface area (Å²) in [6, 6.07) is 1.75. The molecule has 0 amide bonds. The molecule has 4 fully saturated rings. The Bertz CT molecular complexity index is 387. The SMILES string of the molecule is CC1(C)C2CCC1(C)C(NCC1CCN(C3CC3)C1)C2. The minimum atomic E-state index is 0.548. The van der Waals surface area contributed by atoms with Crippen LogP contribution in [0.3, 0.4) is 0 Å². The van der Waals surface area contributed by atoms with Crippen molar-refractivity contribution in [3.05, 3.63) is 0 Å². The third kappa shape index (κ3) is 1.90. The second-order valence-corrected chi connectivity index (χ2v) is 8.95. The number of hydrogen-bond donors (Lipinski definition) is 1. The molecule has 0 aromatic rings. The molecule has 0 spiro atoms. The van der Waals surface area contributed by atoms with E-state index in [9.17, 15) is 0 Å². The Morgan fingerprint density at radius 3 is 2.50 bits per heavy atom. The van der Waals surface area contributed by atoms with Crippen molar-refractivity contribution < 1.29 is 0 Å². The Kier molecular flexibility index (Phi) is 3.03. The largest absolute Gasteiger partial charge is 0.313 e. The highest BCUT2D eigenvalue weighted by Gasteiger charge is 2.61. The Hall–Kier alpha value is -0.0800. The average Bonchev–Trinajstić information content (AvgIpc) is 3.07. The van der Waals surface area contributed by atoms with Crippen LogP contribution in [0.1, 0.15) is 59.3 Å². The number of nitrogens with one attached hydrogen (secondary N) is 1. The minimum absolute atomic E-state index is 0.548. The predicted molar refractivity (Wildman–Crippen MR) is 83.7 cm³/mol. The highest BCUT2D eigenvalue weighted by molar-refractivity contribution is 5.13. The fourth-order valence-corrected chi connectivity index (χ4v) is 5.62. The third-order valence-electron chi connectivity index (χ3n) is 7.83. The lowest BCUT2D eigenvalue weighted by Gasteiger charge is -2.40. The highest BCUT2D eigenvalue weighted by atomic mass is 15.2. The lowest BCUT2D eigenvalue weighted by molar-refractivity contribution is 0.119. The Morgan fingerprint density at radius 1 is 1.10 bits per heavy atom.